The van der Waals surface area contributed by atoms with E-state index in [1.54, 1.807) is 24.3 Å². The summed E-state index contributed by atoms with van der Waals surface area (Å²) in [5.41, 5.74) is 10.9. The highest BCUT2D eigenvalue weighted by atomic mass is 16.2. The highest BCUT2D eigenvalue weighted by Gasteiger charge is 2.25. The van der Waals surface area contributed by atoms with E-state index < -0.39 is 24.1 Å². The molecule has 9 rings (SSSR count). The predicted octanol–water partition coefficient (Wildman–Crippen LogP) is 9.35. The Hall–Kier alpha value is -7.08. The fourth-order valence-corrected chi connectivity index (χ4v) is 9.36. The first-order valence-corrected chi connectivity index (χ1v) is 20.9. The van der Waals surface area contributed by atoms with Gasteiger partial charge in [-0.15, -0.1) is 0 Å². The van der Waals surface area contributed by atoms with E-state index in [2.05, 4.69) is 66.8 Å². The maximum Gasteiger partial charge on any atom is 0.319 e. The molecule has 6 aromatic rings. The van der Waals surface area contributed by atoms with Crippen LogP contribution in [0.4, 0.5) is 41.9 Å². The summed E-state index contributed by atoms with van der Waals surface area (Å²) in [6.07, 6.45) is 7.57. The Morgan fingerprint density at radius 1 is 0.283 bits per heavy atom. The minimum atomic E-state index is -0.391. The maximum atomic E-state index is 13.6. The minimum absolute atomic E-state index is 0.299. The Labute approximate surface area is 348 Å². The lowest BCUT2D eigenvalue weighted by atomic mass is 9.81. The first kappa shape index (κ1) is 38.4. The Balaban J connectivity index is 1.07. The van der Waals surface area contributed by atoms with E-state index in [0.29, 0.717) is 48.9 Å². The molecule has 6 aromatic carbocycles. The highest BCUT2D eigenvalue weighted by Crippen LogP contribution is 2.37. The zero-order valence-corrected chi connectivity index (χ0v) is 33.4. The monoisotopic (exact) mass is 800 g/mol. The molecule has 304 valence electrons. The zero-order chi connectivity index (χ0) is 41.0. The van der Waals surface area contributed by atoms with Crippen LogP contribution < -0.4 is 42.5 Å². The fraction of sp³-hybridized carbons (Fsp3) is 0.250. The Morgan fingerprint density at radius 2 is 0.500 bits per heavy atom. The van der Waals surface area contributed by atoms with Gasteiger partial charge in [0.2, 0.25) is 0 Å². The molecular weight excluding hydrogens is 753 g/mol. The molecular formula is C48H48N8O4. The Bertz CT molecular complexity index is 2310. The molecule has 12 heteroatoms. The normalized spacial score (nSPS) is 16.4. The van der Waals surface area contributed by atoms with Crippen molar-refractivity contribution in [3.05, 3.63) is 142 Å². The van der Waals surface area contributed by atoms with Crippen molar-refractivity contribution in [2.45, 2.75) is 77.5 Å². The topological polar surface area (TPSA) is 165 Å². The average Bonchev–Trinajstić information content (AvgIpc) is 3.27. The van der Waals surface area contributed by atoms with Crippen molar-refractivity contribution in [1.82, 2.24) is 21.3 Å². The number of nitrogens with one attached hydrogen (secondary N) is 8. The highest BCUT2D eigenvalue weighted by molar-refractivity contribution is 6.01. The maximum absolute atomic E-state index is 13.6. The van der Waals surface area contributed by atoms with Gasteiger partial charge in [0, 0.05) is 26.2 Å². The van der Waals surface area contributed by atoms with Crippen molar-refractivity contribution < 1.29 is 19.2 Å². The van der Waals surface area contributed by atoms with Gasteiger partial charge in [-0.05, 0) is 142 Å². The van der Waals surface area contributed by atoms with E-state index in [4.69, 9.17) is 0 Å². The molecule has 8 amide bonds. The molecule has 0 fully saturated rings. The van der Waals surface area contributed by atoms with E-state index in [0.717, 1.165) is 95.2 Å². The summed E-state index contributed by atoms with van der Waals surface area (Å²) < 4.78 is 0. The summed E-state index contributed by atoms with van der Waals surface area (Å²) in [7, 11) is 0. The van der Waals surface area contributed by atoms with Crippen molar-refractivity contribution >= 4 is 68.4 Å². The standard InChI is InChI=1S/C48H48N8O4/c57-45-49-25-37-29-13-1-2-14-30(29)38(32-16-4-3-15-31(32)37)26-50-46(58)54-43-23-11-12-24-44(43)56-48(60)52-28-40-35-19-7-5-17-33(35)39(34-18-6-8-20-36(34)40)27-51-47(59)55-42-22-10-9-21-41(42)53-45/h1-2,5,7,9-14,17,19,21-24H,3-4,6,8,15-16,18,20,25-28H2,(H2,49,53,57)(H2,50,54,58)(H2,51,55,59)(H2,52,56,60). The van der Waals surface area contributed by atoms with Crippen LogP contribution in [0.5, 0.6) is 0 Å². The smallest absolute Gasteiger partial charge is 0.319 e. The third-order valence-electron chi connectivity index (χ3n) is 12.1. The SMILES string of the molecule is O=C1NCc2c3c(c(c4ccccc24)CNC(=O)Nc2ccccc2NC(=O)NCc2c4c(c(c5ccccc25)CNC(=O)Nc2ccccc2N1)CCCC4)CCCC3. The van der Waals surface area contributed by atoms with Gasteiger partial charge in [0.25, 0.3) is 0 Å². The molecule has 1 aliphatic heterocycles. The van der Waals surface area contributed by atoms with Crippen molar-refractivity contribution in [3.8, 4) is 0 Å². The summed E-state index contributed by atoms with van der Waals surface area (Å²) >= 11 is 0. The second-order valence-electron chi connectivity index (χ2n) is 15.7. The summed E-state index contributed by atoms with van der Waals surface area (Å²) in [6, 6.07) is 29.0. The molecule has 1 heterocycles. The van der Waals surface area contributed by atoms with Crippen LogP contribution in [-0.4, -0.2) is 24.1 Å². The largest absolute Gasteiger partial charge is 0.334 e. The van der Waals surface area contributed by atoms with Crippen LogP contribution in [0.1, 0.15) is 70.2 Å². The molecule has 0 unspecified atom stereocenters. The Kier molecular flexibility index (Phi) is 10.9. The Morgan fingerprint density at radius 3 is 0.733 bits per heavy atom. The third-order valence-corrected chi connectivity index (χ3v) is 12.1. The van der Waals surface area contributed by atoms with Gasteiger partial charge in [-0.1, -0.05) is 72.8 Å². The van der Waals surface area contributed by atoms with Gasteiger partial charge >= 0.3 is 24.1 Å². The van der Waals surface area contributed by atoms with Crippen LogP contribution in [0.25, 0.3) is 21.5 Å². The lowest BCUT2D eigenvalue weighted by molar-refractivity contribution is 0.250. The number of hydrogen-bond donors (Lipinski definition) is 8. The molecule has 0 saturated heterocycles. The minimum Gasteiger partial charge on any atom is -0.334 e. The number of rotatable bonds is 0. The number of fused-ring (bicyclic) bond motifs is 8. The molecule has 12 nitrogen and oxygen atoms in total. The molecule has 8 N–H and O–H groups in total. The van der Waals surface area contributed by atoms with Gasteiger partial charge in [0.1, 0.15) is 0 Å². The van der Waals surface area contributed by atoms with Crippen molar-refractivity contribution in [2.24, 2.45) is 0 Å². The van der Waals surface area contributed by atoms with Crippen molar-refractivity contribution in [2.75, 3.05) is 21.3 Å². The van der Waals surface area contributed by atoms with E-state index in [1.807, 2.05) is 48.5 Å². The first-order valence-electron chi connectivity index (χ1n) is 20.9. The summed E-state index contributed by atoms with van der Waals surface area (Å²) in [5, 5.41) is 28.3. The second kappa shape index (κ2) is 17.0. The molecule has 60 heavy (non-hydrogen) atoms. The molecule has 3 aliphatic rings. The van der Waals surface area contributed by atoms with Gasteiger partial charge in [0.05, 0.1) is 22.7 Å². The van der Waals surface area contributed by atoms with Crippen molar-refractivity contribution in [1.29, 1.82) is 0 Å². The number of hydrogen-bond acceptors (Lipinski definition) is 4. The predicted molar refractivity (Wildman–Crippen MR) is 237 cm³/mol. The van der Waals surface area contributed by atoms with Crippen LogP contribution >= 0.6 is 0 Å². The first-order chi connectivity index (χ1) is 29.4. The summed E-state index contributed by atoms with van der Waals surface area (Å²) in [4.78, 5) is 54.3. The number of para-hydroxylation sites is 4. The lowest BCUT2D eigenvalue weighted by Gasteiger charge is -2.26. The second-order valence-corrected chi connectivity index (χ2v) is 15.7. The summed E-state index contributed by atoms with van der Waals surface area (Å²) in [5.74, 6) is 0. The van der Waals surface area contributed by atoms with E-state index in [-0.39, 0.29) is 0 Å². The quantitative estimate of drug-likeness (QED) is 0.0768. The summed E-state index contributed by atoms with van der Waals surface area (Å²) in [6.45, 7) is 1.20. The third kappa shape index (κ3) is 7.88. The zero-order valence-electron chi connectivity index (χ0n) is 33.4. The molecule has 0 aromatic heterocycles. The van der Waals surface area contributed by atoms with Gasteiger partial charge in [-0.3, -0.25) is 0 Å². The lowest BCUT2D eigenvalue weighted by Crippen LogP contribution is -2.32. The number of amides is 8. The number of carbonyl (C=O) groups is 4. The van der Waals surface area contributed by atoms with E-state index in [9.17, 15) is 19.2 Å². The van der Waals surface area contributed by atoms with Gasteiger partial charge in [0.15, 0.2) is 0 Å². The molecule has 4 bridgehead atoms. The van der Waals surface area contributed by atoms with Crippen LogP contribution in [0, 0.1) is 0 Å². The van der Waals surface area contributed by atoms with E-state index in [1.165, 1.54) is 22.3 Å². The number of urea groups is 4. The molecule has 0 spiro atoms. The molecule has 2 aliphatic carbocycles. The van der Waals surface area contributed by atoms with Crippen LogP contribution in [0.3, 0.4) is 0 Å². The van der Waals surface area contributed by atoms with Crippen molar-refractivity contribution in [3.63, 3.8) is 0 Å². The van der Waals surface area contributed by atoms with Crippen LogP contribution in [-0.2, 0) is 51.9 Å². The number of benzene rings is 6. The number of carbonyl (C=O) groups excluding carboxylic acids is 4. The van der Waals surface area contributed by atoms with Crippen LogP contribution in [0.15, 0.2) is 97.1 Å². The van der Waals surface area contributed by atoms with Crippen LogP contribution in [0.2, 0.25) is 0 Å². The number of anilines is 4. The molecule has 0 saturated carbocycles. The van der Waals surface area contributed by atoms with Gasteiger partial charge in [-0.25, -0.2) is 19.2 Å². The fourth-order valence-electron chi connectivity index (χ4n) is 9.36. The van der Waals surface area contributed by atoms with Gasteiger partial charge < -0.3 is 42.5 Å². The van der Waals surface area contributed by atoms with Gasteiger partial charge in [-0.2, -0.15) is 0 Å². The van der Waals surface area contributed by atoms with E-state index >= 15 is 0 Å². The molecule has 0 radical (unpaired) electrons. The molecule has 0 atom stereocenters. The average molecular weight is 801 g/mol.